The Balaban J connectivity index is 1.56. The standard InChI is InChI=1S/C23H20F2N6O3/c1-15-22(31(33)34)21(23(24)25)28-29(15)14-19(32)26-12-17-13-30(18-10-6-3-7-11-18)27-20(17)16-8-4-2-5-9-16/h2-11,13,23H,12,14H2,1H3,(H,26,32). The van der Waals surface area contributed by atoms with Gasteiger partial charge >= 0.3 is 5.69 Å². The van der Waals surface area contributed by atoms with Crippen molar-refractivity contribution in [1.29, 1.82) is 0 Å². The molecule has 0 spiro atoms. The molecule has 0 saturated heterocycles. The molecule has 0 aliphatic heterocycles. The highest BCUT2D eigenvalue weighted by atomic mass is 19.3. The molecule has 0 bridgehead atoms. The van der Waals surface area contributed by atoms with Crippen molar-refractivity contribution < 1.29 is 18.5 Å². The largest absolute Gasteiger partial charge is 0.350 e. The zero-order chi connectivity index (χ0) is 24.2. The highest BCUT2D eigenvalue weighted by Crippen LogP contribution is 2.30. The molecule has 0 atom stereocenters. The Bertz CT molecular complexity index is 1320. The van der Waals surface area contributed by atoms with Crippen LogP contribution in [-0.4, -0.2) is 30.4 Å². The van der Waals surface area contributed by atoms with E-state index >= 15 is 0 Å². The van der Waals surface area contributed by atoms with Gasteiger partial charge in [-0.25, -0.2) is 13.5 Å². The Kier molecular flexibility index (Phi) is 6.44. The number of carbonyl (C=O) groups is 1. The smallest absolute Gasteiger partial charge is 0.319 e. The topological polar surface area (TPSA) is 108 Å². The van der Waals surface area contributed by atoms with Crippen molar-refractivity contribution in [1.82, 2.24) is 24.9 Å². The number of nitro groups is 1. The number of benzene rings is 2. The highest BCUT2D eigenvalue weighted by Gasteiger charge is 2.31. The molecule has 4 rings (SSSR count). The van der Waals surface area contributed by atoms with Crippen LogP contribution in [0.3, 0.4) is 0 Å². The zero-order valence-corrected chi connectivity index (χ0v) is 18.1. The molecular formula is C23H20F2N6O3. The fraction of sp³-hybridized carbons (Fsp3) is 0.174. The first-order valence-electron chi connectivity index (χ1n) is 10.3. The molecule has 0 fully saturated rings. The van der Waals surface area contributed by atoms with E-state index in [9.17, 15) is 23.7 Å². The number of amides is 1. The molecular weight excluding hydrogens is 446 g/mol. The van der Waals surface area contributed by atoms with Crippen LogP contribution < -0.4 is 5.32 Å². The quantitative estimate of drug-likeness (QED) is 0.309. The van der Waals surface area contributed by atoms with E-state index in [1.54, 1.807) is 10.9 Å². The molecule has 0 radical (unpaired) electrons. The molecule has 4 aromatic rings. The molecule has 0 saturated carbocycles. The van der Waals surface area contributed by atoms with Gasteiger partial charge < -0.3 is 5.32 Å². The van der Waals surface area contributed by atoms with Crippen molar-refractivity contribution >= 4 is 11.6 Å². The number of nitrogens with one attached hydrogen (secondary N) is 1. The van der Waals surface area contributed by atoms with Gasteiger partial charge in [-0.15, -0.1) is 0 Å². The first-order chi connectivity index (χ1) is 16.3. The summed E-state index contributed by atoms with van der Waals surface area (Å²) in [5.41, 5.74) is 1.27. The van der Waals surface area contributed by atoms with Gasteiger partial charge in [0, 0.05) is 23.9 Å². The van der Waals surface area contributed by atoms with Crippen molar-refractivity contribution in [2.24, 2.45) is 0 Å². The molecule has 174 valence electrons. The van der Waals surface area contributed by atoms with Crippen molar-refractivity contribution in [3.05, 3.63) is 93.9 Å². The predicted octanol–water partition coefficient (Wildman–Crippen LogP) is 4.21. The van der Waals surface area contributed by atoms with Gasteiger partial charge in [0.15, 0.2) is 0 Å². The van der Waals surface area contributed by atoms with E-state index in [2.05, 4.69) is 15.5 Å². The number of aromatic nitrogens is 4. The lowest BCUT2D eigenvalue weighted by molar-refractivity contribution is -0.386. The molecule has 1 amide bonds. The van der Waals surface area contributed by atoms with Crippen molar-refractivity contribution in [2.45, 2.75) is 26.4 Å². The summed E-state index contributed by atoms with van der Waals surface area (Å²) in [6, 6.07) is 18.9. The molecule has 2 aromatic heterocycles. The van der Waals surface area contributed by atoms with Crippen LogP contribution in [0.15, 0.2) is 66.9 Å². The Hall–Kier alpha value is -4.41. The average Bonchev–Trinajstić information content (AvgIpc) is 3.40. The molecule has 2 aromatic carbocycles. The average molecular weight is 466 g/mol. The second-order valence-electron chi connectivity index (χ2n) is 7.46. The summed E-state index contributed by atoms with van der Waals surface area (Å²) in [6.45, 7) is 0.953. The third-order valence-electron chi connectivity index (χ3n) is 5.22. The molecule has 9 nitrogen and oxygen atoms in total. The summed E-state index contributed by atoms with van der Waals surface area (Å²) in [5.74, 6) is -0.534. The Morgan fingerprint density at radius 3 is 2.32 bits per heavy atom. The summed E-state index contributed by atoms with van der Waals surface area (Å²) in [6.07, 6.45) is -1.32. The monoisotopic (exact) mass is 466 g/mol. The lowest BCUT2D eigenvalue weighted by Gasteiger charge is -2.07. The van der Waals surface area contributed by atoms with Crippen LogP contribution in [0.5, 0.6) is 0 Å². The number of halogens is 2. The van der Waals surface area contributed by atoms with Crippen LogP contribution in [0, 0.1) is 17.0 Å². The molecule has 34 heavy (non-hydrogen) atoms. The van der Waals surface area contributed by atoms with Crippen LogP contribution in [-0.2, 0) is 17.9 Å². The first-order valence-corrected chi connectivity index (χ1v) is 10.3. The van der Waals surface area contributed by atoms with E-state index in [0.717, 1.165) is 21.5 Å². The molecule has 11 heteroatoms. The number of nitrogens with zero attached hydrogens (tertiary/aromatic N) is 5. The molecule has 0 unspecified atom stereocenters. The Morgan fingerprint density at radius 1 is 1.09 bits per heavy atom. The fourth-order valence-corrected chi connectivity index (χ4v) is 3.56. The normalized spacial score (nSPS) is 11.1. The van der Waals surface area contributed by atoms with Crippen molar-refractivity contribution in [3.63, 3.8) is 0 Å². The number of hydrogen-bond donors (Lipinski definition) is 1. The van der Waals surface area contributed by atoms with Crippen LogP contribution in [0.1, 0.15) is 23.4 Å². The van der Waals surface area contributed by atoms with Crippen molar-refractivity contribution in [2.75, 3.05) is 0 Å². The second kappa shape index (κ2) is 9.61. The zero-order valence-electron chi connectivity index (χ0n) is 18.1. The van der Waals surface area contributed by atoms with Gasteiger partial charge in [-0.3, -0.25) is 19.6 Å². The van der Waals surface area contributed by atoms with Gasteiger partial charge in [-0.1, -0.05) is 48.5 Å². The van der Waals surface area contributed by atoms with Gasteiger partial charge in [-0.2, -0.15) is 10.2 Å². The minimum atomic E-state index is -3.12. The summed E-state index contributed by atoms with van der Waals surface area (Å²) >= 11 is 0. The van der Waals surface area contributed by atoms with Crippen LogP contribution in [0.4, 0.5) is 14.5 Å². The van der Waals surface area contributed by atoms with Gasteiger partial charge in [0.1, 0.15) is 12.2 Å². The van der Waals surface area contributed by atoms with E-state index in [-0.39, 0.29) is 12.2 Å². The van der Waals surface area contributed by atoms with Gasteiger partial charge in [0.05, 0.1) is 16.3 Å². The molecule has 0 aliphatic carbocycles. The summed E-state index contributed by atoms with van der Waals surface area (Å²) < 4.78 is 28.9. The van der Waals surface area contributed by atoms with E-state index in [1.165, 1.54) is 6.92 Å². The van der Waals surface area contributed by atoms with Gasteiger partial charge in [0.2, 0.25) is 11.6 Å². The van der Waals surface area contributed by atoms with E-state index < -0.39 is 35.2 Å². The van der Waals surface area contributed by atoms with Crippen molar-refractivity contribution in [3.8, 4) is 16.9 Å². The fourth-order valence-electron chi connectivity index (χ4n) is 3.56. The van der Waals surface area contributed by atoms with Crippen LogP contribution >= 0.6 is 0 Å². The second-order valence-corrected chi connectivity index (χ2v) is 7.46. The number of rotatable bonds is 8. The Labute approximate surface area is 192 Å². The summed E-state index contributed by atoms with van der Waals surface area (Å²) in [7, 11) is 0. The molecule has 2 heterocycles. The maximum Gasteiger partial charge on any atom is 0.319 e. The SMILES string of the molecule is Cc1c([N+](=O)[O-])c(C(F)F)nn1CC(=O)NCc1cn(-c2ccccc2)nc1-c1ccccc1. The number of carbonyl (C=O) groups excluding carboxylic acids is 1. The first kappa shape index (κ1) is 22.8. The summed E-state index contributed by atoms with van der Waals surface area (Å²) in [5, 5.41) is 22.1. The number of hydrogen-bond acceptors (Lipinski definition) is 5. The minimum Gasteiger partial charge on any atom is -0.350 e. The summed E-state index contributed by atoms with van der Waals surface area (Å²) in [4.78, 5) is 22.8. The molecule has 1 N–H and O–H groups in total. The number of alkyl halides is 2. The van der Waals surface area contributed by atoms with Crippen LogP contribution in [0.25, 0.3) is 16.9 Å². The lowest BCUT2D eigenvalue weighted by Crippen LogP contribution is -2.28. The highest BCUT2D eigenvalue weighted by molar-refractivity contribution is 5.76. The van der Waals surface area contributed by atoms with E-state index in [4.69, 9.17) is 0 Å². The van der Waals surface area contributed by atoms with E-state index in [0.29, 0.717) is 5.69 Å². The Morgan fingerprint density at radius 2 is 1.74 bits per heavy atom. The predicted molar refractivity (Wildman–Crippen MR) is 119 cm³/mol. The number of para-hydroxylation sites is 1. The third-order valence-corrected chi connectivity index (χ3v) is 5.22. The maximum atomic E-state index is 13.1. The third kappa shape index (κ3) is 4.68. The van der Waals surface area contributed by atoms with Crippen LogP contribution in [0.2, 0.25) is 0 Å². The minimum absolute atomic E-state index is 0.111. The van der Waals surface area contributed by atoms with E-state index in [1.807, 2.05) is 60.7 Å². The molecule has 0 aliphatic rings. The lowest BCUT2D eigenvalue weighted by atomic mass is 10.1. The van der Waals surface area contributed by atoms with Gasteiger partial charge in [0.25, 0.3) is 6.43 Å². The maximum absolute atomic E-state index is 13.1. The van der Waals surface area contributed by atoms with Gasteiger partial charge in [-0.05, 0) is 19.1 Å².